The highest BCUT2D eigenvalue weighted by Crippen LogP contribution is 2.37. The van der Waals surface area contributed by atoms with Crippen molar-refractivity contribution in [2.75, 3.05) is 6.61 Å². The van der Waals surface area contributed by atoms with Crippen LogP contribution >= 0.6 is 0 Å². The summed E-state index contributed by atoms with van der Waals surface area (Å²) < 4.78 is 0. The van der Waals surface area contributed by atoms with Crippen LogP contribution in [0.25, 0.3) is 0 Å². The average Bonchev–Trinajstić information content (AvgIpc) is 2.87. The summed E-state index contributed by atoms with van der Waals surface area (Å²) >= 11 is 0. The molecule has 22 heavy (non-hydrogen) atoms. The number of nitrogens with one attached hydrogen (secondary N) is 1. The molecule has 1 aromatic rings. The molecule has 2 atom stereocenters. The molecule has 2 unspecified atom stereocenters. The van der Waals surface area contributed by atoms with E-state index in [0.717, 1.165) is 24.8 Å². The van der Waals surface area contributed by atoms with Crippen LogP contribution in [0.4, 0.5) is 5.69 Å². The third-order valence-corrected chi connectivity index (χ3v) is 4.54. The van der Waals surface area contributed by atoms with Crippen LogP contribution in [0.1, 0.15) is 38.2 Å². The van der Waals surface area contributed by atoms with Gasteiger partial charge in [-0.3, -0.25) is 14.9 Å². The Morgan fingerprint density at radius 2 is 2.32 bits per heavy atom. The van der Waals surface area contributed by atoms with Crippen LogP contribution in [0.15, 0.2) is 24.3 Å². The number of carbonyl (C=O) groups excluding carboxylic acids is 1. The van der Waals surface area contributed by atoms with Gasteiger partial charge in [-0.15, -0.1) is 0 Å². The fraction of sp³-hybridized carbons (Fsp3) is 0.562. The molecule has 0 radical (unpaired) electrons. The van der Waals surface area contributed by atoms with Gasteiger partial charge in [-0.1, -0.05) is 25.5 Å². The van der Waals surface area contributed by atoms with E-state index < -0.39 is 4.92 Å². The minimum absolute atomic E-state index is 0.00936. The van der Waals surface area contributed by atoms with Gasteiger partial charge in [0.15, 0.2) is 0 Å². The summed E-state index contributed by atoms with van der Waals surface area (Å²) in [7, 11) is 0. The minimum Gasteiger partial charge on any atom is -0.396 e. The van der Waals surface area contributed by atoms with Gasteiger partial charge in [0, 0.05) is 30.0 Å². The first kappa shape index (κ1) is 16.4. The highest BCUT2D eigenvalue weighted by atomic mass is 16.6. The number of nitro benzene ring substituents is 1. The topological polar surface area (TPSA) is 92.5 Å². The molecule has 1 amide bonds. The van der Waals surface area contributed by atoms with Gasteiger partial charge in [-0.25, -0.2) is 0 Å². The third kappa shape index (κ3) is 3.82. The summed E-state index contributed by atoms with van der Waals surface area (Å²) in [4.78, 5) is 22.4. The first-order valence-corrected chi connectivity index (χ1v) is 7.58. The van der Waals surface area contributed by atoms with Crippen LogP contribution in [0, 0.1) is 15.5 Å². The van der Waals surface area contributed by atoms with E-state index in [0.29, 0.717) is 12.8 Å². The number of nitro groups is 1. The molecule has 0 heterocycles. The average molecular weight is 306 g/mol. The highest BCUT2D eigenvalue weighted by molar-refractivity contribution is 5.76. The molecule has 6 heteroatoms. The van der Waals surface area contributed by atoms with Crippen molar-refractivity contribution in [2.24, 2.45) is 5.41 Å². The Balaban J connectivity index is 1.88. The van der Waals surface area contributed by atoms with Crippen LogP contribution in [0.5, 0.6) is 0 Å². The molecule has 1 aromatic carbocycles. The SMILES string of the molecule is CC1(CO)CCCC1NC(=O)CCc1cccc([N+](=O)[O-])c1. The van der Waals surface area contributed by atoms with Crippen LogP contribution in [0.3, 0.4) is 0 Å². The summed E-state index contributed by atoms with van der Waals surface area (Å²) in [5, 5.41) is 23.2. The second-order valence-corrected chi connectivity index (χ2v) is 6.25. The predicted molar refractivity (Wildman–Crippen MR) is 82.4 cm³/mol. The van der Waals surface area contributed by atoms with Crippen molar-refractivity contribution >= 4 is 11.6 Å². The van der Waals surface area contributed by atoms with Crippen LogP contribution in [-0.4, -0.2) is 28.6 Å². The van der Waals surface area contributed by atoms with E-state index in [9.17, 15) is 20.0 Å². The van der Waals surface area contributed by atoms with Crippen molar-refractivity contribution in [1.82, 2.24) is 5.32 Å². The van der Waals surface area contributed by atoms with E-state index >= 15 is 0 Å². The minimum atomic E-state index is -0.436. The fourth-order valence-corrected chi connectivity index (χ4v) is 3.02. The number of amides is 1. The number of nitrogens with zero attached hydrogens (tertiary/aromatic N) is 1. The highest BCUT2D eigenvalue weighted by Gasteiger charge is 2.38. The molecular formula is C16H22N2O4. The van der Waals surface area contributed by atoms with Crippen molar-refractivity contribution in [2.45, 2.75) is 45.1 Å². The fourth-order valence-electron chi connectivity index (χ4n) is 3.02. The van der Waals surface area contributed by atoms with Gasteiger partial charge >= 0.3 is 0 Å². The van der Waals surface area contributed by atoms with Gasteiger partial charge in [-0.2, -0.15) is 0 Å². The Labute approximate surface area is 129 Å². The van der Waals surface area contributed by atoms with Gasteiger partial charge < -0.3 is 10.4 Å². The summed E-state index contributed by atoms with van der Waals surface area (Å²) in [6.45, 7) is 2.06. The Hall–Kier alpha value is -1.95. The number of benzene rings is 1. The molecule has 120 valence electrons. The van der Waals surface area contributed by atoms with Crippen molar-refractivity contribution in [3.8, 4) is 0 Å². The van der Waals surface area contributed by atoms with Gasteiger partial charge in [0.05, 0.1) is 11.5 Å². The van der Waals surface area contributed by atoms with E-state index in [1.54, 1.807) is 12.1 Å². The Morgan fingerprint density at radius 3 is 3.00 bits per heavy atom. The largest absolute Gasteiger partial charge is 0.396 e. The van der Waals surface area contributed by atoms with E-state index in [1.165, 1.54) is 12.1 Å². The predicted octanol–water partition coefficient (Wildman–Crippen LogP) is 2.19. The maximum absolute atomic E-state index is 12.1. The molecule has 0 saturated heterocycles. The molecule has 2 rings (SSSR count). The summed E-state index contributed by atoms with van der Waals surface area (Å²) in [6.07, 6.45) is 3.57. The number of carbonyl (C=O) groups is 1. The zero-order valence-electron chi connectivity index (χ0n) is 12.7. The summed E-state index contributed by atoms with van der Waals surface area (Å²) in [6, 6.07) is 6.36. The Kier molecular flexibility index (Phi) is 5.13. The zero-order valence-corrected chi connectivity index (χ0v) is 12.7. The molecule has 1 fully saturated rings. The quantitative estimate of drug-likeness (QED) is 0.622. The second-order valence-electron chi connectivity index (χ2n) is 6.25. The zero-order chi connectivity index (χ0) is 16.2. The lowest BCUT2D eigenvalue weighted by Crippen LogP contribution is -2.44. The molecular weight excluding hydrogens is 284 g/mol. The summed E-state index contributed by atoms with van der Waals surface area (Å²) in [5.41, 5.74) is 0.587. The molecule has 1 aliphatic rings. The lowest BCUT2D eigenvalue weighted by atomic mass is 9.85. The van der Waals surface area contributed by atoms with Gasteiger partial charge in [0.2, 0.25) is 5.91 Å². The Bertz CT molecular complexity index is 561. The van der Waals surface area contributed by atoms with E-state index in [4.69, 9.17) is 0 Å². The smallest absolute Gasteiger partial charge is 0.269 e. The number of aliphatic hydroxyl groups excluding tert-OH is 1. The maximum Gasteiger partial charge on any atom is 0.269 e. The van der Waals surface area contributed by atoms with Crippen LogP contribution in [-0.2, 0) is 11.2 Å². The number of aryl methyl sites for hydroxylation is 1. The number of rotatable bonds is 6. The normalized spacial score (nSPS) is 24.2. The molecule has 0 aromatic heterocycles. The van der Waals surface area contributed by atoms with Crippen molar-refractivity contribution in [3.63, 3.8) is 0 Å². The lowest BCUT2D eigenvalue weighted by molar-refractivity contribution is -0.384. The van der Waals surface area contributed by atoms with E-state index in [-0.39, 0.29) is 29.7 Å². The molecule has 0 aliphatic heterocycles. The lowest BCUT2D eigenvalue weighted by Gasteiger charge is -2.30. The number of aliphatic hydroxyl groups is 1. The third-order valence-electron chi connectivity index (χ3n) is 4.54. The van der Waals surface area contributed by atoms with Crippen molar-refractivity contribution in [3.05, 3.63) is 39.9 Å². The molecule has 1 aliphatic carbocycles. The Morgan fingerprint density at radius 1 is 1.55 bits per heavy atom. The monoisotopic (exact) mass is 306 g/mol. The van der Waals surface area contributed by atoms with Gasteiger partial charge in [0.1, 0.15) is 0 Å². The van der Waals surface area contributed by atoms with Crippen molar-refractivity contribution < 1.29 is 14.8 Å². The molecule has 2 N–H and O–H groups in total. The molecule has 0 bridgehead atoms. The number of hydrogen-bond donors (Lipinski definition) is 2. The summed E-state index contributed by atoms with van der Waals surface area (Å²) in [5.74, 6) is -0.0712. The first-order valence-electron chi connectivity index (χ1n) is 7.58. The molecule has 0 spiro atoms. The van der Waals surface area contributed by atoms with Gasteiger partial charge in [0.25, 0.3) is 5.69 Å². The number of non-ortho nitro benzene ring substituents is 1. The van der Waals surface area contributed by atoms with Crippen LogP contribution in [0.2, 0.25) is 0 Å². The van der Waals surface area contributed by atoms with Crippen LogP contribution < -0.4 is 5.32 Å². The molecule has 6 nitrogen and oxygen atoms in total. The maximum atomic E-state index is 12.1. The number of hydrogen-bond acceptors (Lipinski definition) is 4. The van der Waals surface area contributed by atoms with E-state index in [2.05, 4.69) is 5.32 Å². The first-order chi connectivity index (χ1) is 10.4. The van der Waals surface area contributed by atoms with Crippen molar-refractivity contribution in [1.29, 1.82) is 0 Å². The van der Waals surface area contributed by atoms with E-state index in [1.807, 2.05) is 6.92 Å². The second kappa shape index (κ2) is 6.87. The molecule has 1 saturated carbocycles. The standard InChI is InChI=1S/C16H22N2O4/c1-16(11-19)9-3-6-14(16)17-15(20)8-7-12-4-2-5-13(10-12)18(21)22/h2,4-5,10,14,19H,3,6-9,11H2,1H3,(H,17,20). The van der Waals surface area contributed by atoms with Gasteiger partial charge in [-0.05, 0) is 24.8 Å².